The van der Waals surface area contributed by atoms with Crippen LogP contribution < -0.4 is 5.43 Å². The van der Waals surface area contributed by atoms with Gasteiger partial charge in [0.15, 0.2) is 0 Å². The van der Waals surface area contributed by atoms with Crippen LogP contribution in [0.15, 0.2) is 62.4 Å². The zero-order valence-electron chi connectivity index (χ0n) is 20.0. The van der Waals surface area contributed by atoms with Gasteiger partial charge in [0.25, 0.3) is 0 Å². The van der Waals surface area contributed by atoms with E-state index in [0.717, 1.165) is 24.0 Å². The van der Waals surface area contributed by atoms with Crippen LogP contribution in [-0.4, -0.2) is 15.3 Å². The molecule has 33 heavy (non-hydrogen) atoms. The van der Waals surface area contributed by atoms with Crippen molar-refractivity contribution in [1.82, 2.24) is 0 Å². The molecule has 0 saturated heterocycles. The lowest BCUT2D eigenvalue weighted by molar-refractivity contribution is 0.443. The summed E-state index contributed by atoms with van der Waals surface area (Å²) in [5, 5.41) is 32.1. The summed E-state index contributed by atoms with van der Waals surface area (Å²) < 4.78 is 5.89. The van der Waals surface area contributed by atoms with Gasteiger partial charge >= 0.3 is 0 Å². The number of benzene rings is 2. The van der Waals surface area contributed by atoms with Crippen molar-refractivity contribution in [1.29, 1.82) is 0 Å². The van der Waals surface area contributed by atoms with Crippen molar-refractivity contribution >= 4 is 21.9 Å². The highest BCUT2D eigenvalue weighted by atomic mass is 16.3. The summed E-state index contributed by atoms with van der Waals surface area (Å²) in [4.78, 5) is 13.5. The Morgan fingerprint density at radius 2 is 1.48 bits per heavy atom. The maximum Gasteiger partial charge on any atom is 0.204 e. The van der Waals surface area contributed by atoms with Crippen LogP contribution in [0.25, 0.3) is 21.9 Å². The van der Waals surface area contributed by atoms with E-state index in [0.29, 0.717) is 17.6 Å². The Morgan fingerprint density at radius 3 is 2.15 bits per heavy atom. The van der Waals surface area contributed by atoms with Gasteiger partial charge in [0.05, 0.1) is 5.39 Å². The predicted octanol–water partition coefficient (Wildman–Crippen LogP) is 6.81. The fourth-order valence-corrected chi connectivity index (χ4v) is 3.85. The molecule has 1 aromatic heterocycles. The van der Waals surface area contributed by atoms with Crippen molar-refractivity contribution in [3.05, 3.63) is 74.5 Å². The van der Waals surface area contributed by atoms with Gasteiger partial charge in [-0.05, 0) is 72.4 Å². The number of phenols is 3. The number of hydrogen-bond donors (Lipinski definition) is 3. The summed E-state index contributed by atoms with van der Waals surface area (Å²) in [7, 11) is 0. The molecule has 0 unspecified atom stereocenters. The molecular weight excluding hydrogens is 416 g/mol. The maximum absolute atomic E-state index is 13.5. The number of fused-ring (bicyclic) bond motifs is 2. The molecule has 5 heteroatoms. The summed E-state index contributed by atoms with van der Waals surface area (Å²) >= 11 is 0. The van der Waals surface area contributed by atoms with Crippen LogP contribution in [0.2, 0.25) is 0 Å². The Morgan fingerprint density at radius 1 is 0.818 bits per heavy atom. The first kappa shape index (κ1) is 24.2. The molecule has 3 aromatic rings. The second kappa shape index (κ2) is 9.99. The van der Waals surface area contributed by atoms with Crippen LogP contribution in [0.1, 0.15) is 58.6 Å². The summed E-state index contributed by atoms with van der Waals surface area (Å²) in [6.07, 6.45) is 8.53. The van der Waals surface area contributed by atoms with Gasteiger partial charge in [-0.3, -0.25) is 4.79 Å². The molecule has 3 rings (SSSR count). The highest BCUT2D eigenvalue weighted by molar-refractivity contribution is 5.97. The largest absolute Gasteiger partial charge is 0.508 e. The fourth-order valence-electron chi connectivity index (χ4n) is 3.85. The molecule has 0 amide bonds. The number of hydrogen-bond acceptors (Lipinski definition) is 5. The van der Waals surface area contributed by atoms with Crippen molar-refractivity contribution in [2.75, 3.05) is 0 Å². The van der Waals surface area contributed by atoms with Crippen LogP contribution in [-0.2, 0) is 12.8 Å². The minimum Gasteiger partial charge on any atom is -0.508 e. The molecule has 3 N–H and O–H groups in total. The number of phenolic OH excluding ortho intramolecular Hbond substituents is 3. The van der Waals surface area contributed by atoms with Gasteiger partial charge in [0.2, 0.25) is 5.43 Å². The van der Waals surface area contributed by atoms with E-state index in [1.807, 2.05) is 32.9 Å². The molecule has 1 heterocycles. The highest BCUT2D eigenvalue weighted by Gasteiger charge is 2.20. The van der Waals surface area contributed by atoms with E-state index in [1.54, 1.807) is 0 Å². The van der Waals surface area contributed by atoms with Gasteiger partial charge < -0.3 is 19.7 Å². The van der Waals surface area contributed by atoms with Gasteiger partial charge in [0, 0.05) is 17.2 Å². The predicted molar refractivity (Wildman–Crippen MR) is 134 cm³/mol. The Kier molecular flexibility index (Phi) is 7.32. The molecule has 0 atom stereocenters. The molecular formula is C28H32O5. The molecule has 0 fully saturated rings. The Balaban J connectivity index is 2.16. The summed E-state index contributed by atoms with van der Waals surface area (Å²) in [6.45, 7) is 10.00. The summed E-state index contributed by atoms with van der Waals surface area (Å²) in [6, 6.07) is 4.40. The third-order valence-electron chi connectivity index (χ3n) is 5.73. The van der Waals surface area contributed by atoms with Crippen LogP contribution in [0.4, 0.5) is 0 Å². The zero-order chi connectivity index (χ0) is 24.3. The molecule has 174 valence electrons. The maximum atomic E-state index is 13.5. The third-order valence-corrected chi connectivity index (χ3v) is 5.73. The van der Waals surface area contributed by atoms with Crippen molar-refractivity contribution in [3.63, 3.8) is 0 Å². The monoisotopic (exact) mass is 448 g/mol. The van der Waals surface area contributed by atoms with E-state index in [2.05, 4.69) is 19.9 Å². The minimum atomic E-state index is -0.427. The molecule has 0 aliphatic rings. The molecule has 0 bridgehead atoms. The van der Waals surface area contributed by atoms with Gasteiger partial charge in [-0.2, -0.15) is 0 Å². The normalized spacial score (nSPS) is 11.7. The molecule has 0 saturated carbocycles. The Hall–Kier alpha value is -3.47. The van der Waals surface area contributed by atoms with Gasteiger partial charge in [-0.25, -0.2) is 0 Å². The fraction of sp³-hybridized carbons (Fsp3) is 0.321. The second-order valence-electron chi connectivity index (χ2n) is 9.02. The van der Waals surface area contributed by atoms with Crippen molar-refractivity contribution in [2.45, 2.75) is 60.3 Å². The first-order valence-electron chi connectivity index (χ1n) is 11.2. The summed E-state index contributed by atoms with van der Waals surface area (Å²) in [5.74, 6) is -0.416. The van der Waals surface area contributed by atoms with E-state index in [1.165, 1.54) is 23.8 Å². The first-order valence-corrected chi connectivity index (χ1v) is 11.2. The first-order chi connectivity index (χ1) is 15.6. The average Bonchev–Trinajstić information content (AvgIpc) is 2.72. The van der Waals surface area contributed by atoms with E-state index in [4.69, 9.17) is 4.42 Å². The molecule has 0 spiro atoms. The van der Waals surface area contributed by atoms with E-state index in [-0.39, 0.29) is 45.6 Å². The van der Waals surface area contributed by atoms with Gasteiger partial charge in [-0.15, -0.1) is 0 Å². The third kappa shape index (κ3) is 5.30. The molecule has 0 radical (unpaired) electrons. The Labute approximate surface area is 194 Å². The number of allylic oxidation sites excluding steroid dienone is 6. The van der Waals surface area contributed by atoms with Crippen molar-refractivity contribution in [2.24, 2.45) is 0 Å². The minimum absolute atomic E-state index is 0.00512. The quantitative estimate of drug-likeness (QED) is 0.273. The van der Waals surface area contributed by atoms with Crippen LogP contribution in [0.5, 0.6) is 17.2 Å². The lowest BCUT2D eigenvalue weighted by Gasteiger charge is -2.12. The van der Waals surface area contributed by atoms with Crippen molar-refractivity contribution < 1.29 is 19.7 Å². The van der Waals surface area contributed by atoms with E-state index in [9.17, 15) is 20.1 Å². The van der Waals surface area contributed by atoms with Gasteiger partial charge in [0.1, 0.15) is 33.8 Å². The van der Waals surface area contributed by atoms with E-state index >= 15 is 0 Å². The van der Waals surface area contributed by atoms with Crippen LogP contribution in [0.3, 0.4) is 0 Å². The summed E-state index contributed by atoms with van der Waals surface area (Å²) in [5.41, 5.74) is 4.16. The van der Waals surface area contributed by atoms with Gasteiger partial charge in [-0.1, -0.05) is 34.9 Å². The molecule has 2 aromatic carbocycles. The lowest BCUT2D eigenvalue weighted by atomic mass is 9.98. The van der Waals surface area contributed by atoms with Crippen molar-refractivity contribution in [3.8, 4) is 17.2 Å². The smallest absolute Gasteiger partial charge is 0.204 e. The van der Waals surface area contributed by atoms with Crippen LogP contribution >= 0.6 is 0 Å². The number of aromatic hydroxyl groups is 3. The van der Waals surface area contributed by atoms with Crippen LogP contribution in [0, 0.1) is 0 Å². The SMILES string of the molecule is CC(C)=CCC/C(C)=C/Cc1c(O)ccc2oc3cc(O)c(CC=C(C)C)c(O)c3c(=O)c12. The highest BCUT2D eigenvalue weighted by Crippen LogP contribution is 2.37. The zero-order valence-corrected chi connectivity index (χ0v) is 20.0. The second-order valence-corrected chi connectivity index (χ2v) is 9.02. The standard InChI is InChI=1S/C28H32O5/c1-16(2)7-6-8-18(5)10-12-19-21(29)13-14-23-25(19)28(32)26-24(33-23)15-22(30)20(27(26)31)11-9-17(3)4/h7,9-10,13-15,29-31H,6,8,11-12H2,1-5H3/b18-10+. The van der Waals surface area contributed by atoms with E-state index < -0.39 is 5.43 Å². The Bertz CT molecular complexity index is 1340. The molecule has 5 nitrogen and oxygen atoms in total. The molecule has 0 aliphatic carbocycles. The average molecular weight is 449 g/mol. The topological polar surface area (TPSA) is 90.9 Å². The lowest BCUT2D eigenvalue weighted by Crippen LogP contribution is -2.07. The number of rotatable bonds is 7. The molecule has 0 aliphatic heterocycles.